The van der Waals surface area contributed by atoms with Gasteiger partial charge in [-0.25, -0.2) is 9.97 Å². The smallest absolute Gasteiger partial charge is 0.278 e. The second-order valence-electron chi connectivity index (χ2n) is 8.59. The van der Waals surface area contributed by atoms with Gasteiger partial charge >= 0.3 is 0 Å². The van der Waals surface area contributed by atoms with E-state index in [4.69, 9.17) is 16.2 Å². The number of ether oxygens (including phenoxy) is 1. The van der Waals surface area contributed by atoms with Crippen molar-refractivity contribution in [3.05, 3.63) is 66.2 Å². The Hall–Kier alpha value is -3.40. The number of carbonyl (C=O) groups is 1. The molecule has 2 aromatic heterocycles. The predicted octanol–water partition coefficient (Wildman–Crippen LogP) is 2.30. The Morgan fingerprint density at radius 3 is 2.70 bits per heavy atom. The highest BCUT2D eigenvalue weighted by Gasteiger charge is 2.45. The number of hydrogen-bond acceptors (Lipinski definition) is 8. The fourth-order valence-corrected chi connectivity index (χ4v) is 4.26. The molecule has 3 heterocycles. The number of nitrogen functional groups attached to an aromatic ring is 1. The van der Waals surface area contributed by atoms with E-state index in [1.165, 1.54) is 6.20 Å². The highest BCUT2D eigenvalue weighted by Crippen LogP contribution is 2.43. The van der Waals surface area contributed by atoms with Gasteiger partial charge in [-0.15, -0.1) is 0 Å². The molecule has 1 amide bonds. The zero-order chi connectivity index (χ0) is 22.9. The summed E-state index contributed by atoms with van der Waals surface area (Å²) < 4.78 is 6.25. The van der Waals surface area contributed by atoms with Crippen molar-refractivity contribution in [3.63, 3.8) is 0 Å². The van der Waals surface area contributed by atoms with Crippen LogP contribution in [0.2, 0.25) is 0 Å². The molecule has 1 aromatic carbocycles. The molecule has 1 saturated carbocycles. The summed E-state index contributed by atoms with van der Waals surface area (Å²) in [6.07, 6.45) is 5.86. The van der Waals surface area contributed by atoms with Crippen LogP contribution in [0.25, 0.3) is 11.3 Å². The number of aliphatic hydroxyl groups is 1. The monoisotopic (exact) mass is 446 g/mol. The topological polar surface area (TPSA) is 149 Å². The molecule has 0 unspecified atom stereocenters. The summed E-state index contributed by atoms with van der Waals surface area (Å²) in [5, 5.41) is 13.3. The number of rotatable bonds is 5. The van der Waals surface area contributed by atoms with Gasteiger partial charge in [0.05, 0.1) is 42.1 Å². The molecule has 1 aliphatic carbocycles. The molecule has 9 heteroatoms. The number of anilines is 2. The first kappa shape index (κ1) is 21.4. The van der Waals surface area contributed by atoms with E-state index in [0.29, 0.717) is 23.7 Å². The van der Waals surface area contributed by atoms with Gasteiger partial charge in [-0.3, -0.25) is 9.78 Å². The van der Waals surface area contributed by atoms with Gasteiger partial charge in [0.25, 0.3) is 5.91 Å². The minimum Gasteiger partial charge on any atom is -0.389 e. The Bertz CT molecular complexity index is 1150. The molecule has 0 radical (unpaired) electrons. The van der Waals surface area contributed by atoms with Crippen LogP contribution in [0.15, 0.2) is 55.0 Å². The maximum absolute atomic E-state index is 13.1. The van der Waals surface area contributed by atoms with Crippen LogP contribution in [0.3, 0.4) is 0 Å². The fourth-order valence-electron chi connectivity index (χ4n) is 4.26. The Kier molecular flexibility index (Phi) is 5.76. The molecule has 9 nitrogen and oxygen atoms in total. The second kappa shape index (κ2) is 8.86. The highest BCUT2D eigenvalue weighted by atomic mass is 16.5. The molecule has 3 aromatic rings. The quantitative estimate of drug-likeness (QED) is 0.466. The molecule has 33 heavy (non-hydrogen) atoms. The lowest BCUT2D eigenvalue weighted by Gasteiger charge is -2.38. The zero-order valence-corrected chi connectivity index (χ0v) is 18.0. The van der Waals surface area contributed by atoms with Gasteiger partial charge in [0.15, 0.2) is 11.5 Å². The number of hydrogen-bond donors (Lipinski definition) is 4. The summed E-state index contributed by atoms with van der Waals surface area (Å²) in [6.45, 7) is 0. The lowest BCUT2D eigenvalue weighted by Crippen LogP contribution is -2.50. The molecular weight excluding hydrogens is 420 g/mol. The Morgan fingerprint density at radius 2 is 1.94 bits per heavy atom. The summed E-state index contributed by atoms with van der Waals surface area (Å²) in [5.74, 6) is -0.138. The van der Waals surface area contributed by atoms with Crippen LogP contribution in [0.4, 0.5) is 11.5 Å². The summed E-state index contributed by atoms with van der Waals surface area (Å²) >= 11 is 0. The third-order valence-corrected chi connectivity index (χ3v) is 6.20. The largest absolute Gasteiger partial charge is 0.389 e. The van der Waals surface area contributed by atoms with Gasteiger partial charge in [0, 0.05) is 23.4 Å². The number of nitrogens with one attached hydrogen (secondary N) is 1. The van der Waals surface area contributed by atoms with Crippen molar-refractivity contribution in [2.75, 3.05) is 11.1 Å². The van der Waals surface area contributed by atoms with Crippen LogP contribution in [-0.4, -0.2) is 44.2 Å². The molecule has 0 bridgehead atoms. The number of aliphatic hydroxyl groups excluding tert-OH is 1. The number of carbonyl (C=O) groups excluding carboxylic acids is 1. The minimum atomic E-state index is -0.690. The van der Waals surface area contributed by atoms with Crippen LogP contribution < -0.4 is 16.8 Å². The lowest BCUT2D eigenvalue weighted by atomic mass is 9.90. The number of benzene rings is 1. The van der Waals surface area contributed by atoms with Gasteiger partial charge in [0.2, 0.25) is 0 Å². The van der Waals surface area contributed by atoms with E-state index in [9.17, 15) is 9.90 Å². The maximum Gasteiger partial charge on any atom is 0.278 e. The van der Waals surface area contributed by atoms with E-state index in [1.54, 1.807) is 18.5 Å². The molecule has 1 saturated heterocycles. The van der Waals surface area contributed by atoms with E-state index in [-0.39, 0.29) is 23.7 Å². The van der Waals surface area contributed by atoms with Crippen molar-refractivity contribution in [2.45, 2.75) is 43.6 Å². The summed E-state index contributed by atoms with van der Waals surface area (Å²) in [4.78, 5) is 25.9. The van der Waals surface area contributed by atoms with E-state index in [1.807, 2.05) is 30.3 Å². The number of amides is 1. The van der Waals surface area contributed by atoms with Crippen molar-refractivity contribution in [3.8, 4) is 11.3 Å². The van der Waals surface area contributed by atoms with E-state index in [2.05, 4.69) is 20.3 Å². The maximum atomic E-state index is 13.1. The number of pyridine rings is 1. The first-order chi connectivity index (χ1) is 16.0. The standard InChI is InChI=1S/C24H26N6O3/c25-16-10-19(33-22(21(16)31)14-6-7-14)15-8-9-27-11-18(15)30-24(32)20-23(26)28-12-17(29-20)13-4-2-1-3-5-13/h1-5,8-9,11-12,14,16,19,21-22,31H,6-7,10,25H2,(H2,26,28)(H,30,32)/t16-,19-,21+,22-/m0/s1. The van der Waals surface area contributed by atoms with Crippen molar-refractivity contribution in [1.29, 1.82) is 0 Å². The first-order valence-electron chi connectivity index (χ1n) is 11.0. The second-order valence-corrected chi connectivity index (χ2v) is 8.59. The van der Waals surface area contributed by atoms with Gasteiger partial charge in [-0.05, 0) is 31.2 Å². The fraction of sp³-hybridized carbons (Fsp3) is 0.333. The number of aromatic nitrogens is 3. The van der Waals surface area contributed by atoms with Crippen LogP contribution in [0.5, 0.6) is 0 Å². The molecule has 5 rings (SSSR count). The molecule has 170 valence electrons. The molecule has 2 fully saturated rings. The van der Waals surface area contributed by atoms with Gasteiger partial charge in [0.1, 0.15) is 0 Å². The van der Waals surface area contributed by atoms with E-state index < -0.39 is 18.1 Å². The molecule has 2 aliphatic rings. The predicted molar refractivity (Wildman–Crippen MR) is 123 cm³/mol. The average molecular weight is 447 g/mol. The van der Waals surface area contributed by atoms with E-state index in [0.717, 1.165) is 24.0 Å². The molecular formula is C24H26N6O3. The van der Waals surface area contributed by atoms with Crippen LogP contribution in [-0.2, 0) is 4.74 Å². The Morgan fingerprint density at radius 1 is 1.15 bits per heavy atom. The summed E-state index contributed by atoms with van der Waals surface area (Å²) in [5.41, 5.74) is 14.8. The Balaban J connectivity index is 1.40. The molecule has 6 N–H and O–H groups in total. The van der Waals surface area contributed by atoms with Crippen molar-refractivity contribution >= 4 is 17.4 Å². The van der Waals surface area contributed by atoms with Crippen molar-refractivity contribution in [2.24, 2.45) is 11.7 Å². The average Bonchev–Trinajstić information content (AvgIpc) is 3.67. The van der Waals surface area contributed by atoms with Crippen LogP contribution in [0.1, 0.15) is 41.4 Å². The molecule has 1 aliphatic heterocycles. The van der Waals surface area contributed by atoms with Crippen molar-refractivity contribution < 1.29 is 14.6 Å². The normalized spacial score (nSPS) is 24.9. The van der Waals surface area contributed by atoms with Gasteiger partial charge in [-0.1, -0.05) is 30.3 Å². The molecule has 0 spiro atoms. The Labute approximate surface area is 191 Å². The summed E-state index contributed by atoms with van der Waals surface area (Å²) in [7, 11) is 0. The van der Waals surface area contributed by atoms with Gasteiger partial charge < -0.3 is 26.6 Å². The number of nitrogens with zero attached hydrogens (tertiary/aromatic N) is 3. The van der Waals surface area contributed by atoms with Gasteiger partial charge in [-0.2, -0.15) is 0 Å². The third-order valence-electron chi connectivity index (χ3n) is 6.20. The molecule has 4 atom stereocenters. The van der Waals surface area contributed by atoms with Crippen LogP contribution >= 0.6 is 0 Å². The first-order valence-corrected chi connectivity index (χ1v) is 11.0. The number of nitrogens with two attached hydrogens (primary N) is 2. The van der Waals surface area contributed by atoms with Crippen molar-refractivity contribution in [1.82, 2.24) is 15.0 Å². The lowest BCUT2D eigenvalue weighted by molar-refractivity contribution is -0.136. The SMILES string of the molecule is Nc1ncc(-c2ccccc2)nc1C(=O)Nc1cnccc1[C@@H]1C[C@H](N)[C@@H](O)[C@H](C2CC2)O1. The minimum absolute atomic E-state index is 0.0266. The summed E-state index contributed by atoms with van der Waals surface area (Å²) in [6, 6.07) is 10.8. The van der Waals surface area contributed by atoms with E-state index >= 15 is 0 Å². The zero-order valence-electron chi connectivity index (χ0n) is 18.0. The van der Waals surface area contributed by atoms with Crippen LogP contribution in [0, 0.1) is 5.92 Å². The third kappa shape index (κ3) is 4.43. The highest BCUT2D eigenvalue weighted by molar-refractivity contribution is 6.06.